The average molecular weight is 247 g/mol. The largest absolute Gasteiger partial charge is 0.481 e. The van der Waals surface area contributed by atoms with E-state index in [0.717, 1.165) is 18.8 Å². The van der Waals surface area contributed by atoms with Crippen LogP contribution in [-0.4, -0.2) is 26.6 Å². The number of nitrogens with two attached hydrogens (primary N) is 1. The summed E-state index contributed by atoms with van der Waals surface area (Å²) < 4.78 is 7.11. The Labute approximate surface area is 106 Å². The maximum atomic E-state index is 6.19. The van der Waals surface area contributed by atoms with Crippen molar-refractivity contribution in [2.75, 3.05) is 7.11 Å². The van der Waals surface area contributed by atoms with Crippen LogP contribution in [0.1, 0.15) is 30.9 Å². The molecule has 0 radical (unpaired) electrons. The monoisotopic (exact) mass is 247 g/mol. The molecule has 2 aromatic rings. The molecule has 0 saturated carbocycles. The van der Waals surface area contributed by atoms with Crippen molar-refractivity contribution in [3.05, 3.63) is 36.3 Å². The van der Waals surface area contributed by atoms with Gasteiger partial charge >= 0.3 is 0 Å². The van der Waals surface area contributed by atoms with Crippen LogP contribution in [0.2, 0.25) is 0 Å². The Morgan fingerprint density at radius 1 is 1.39 bits per heavy atom. The van der Waals surface area contributed by atoms with Crippen molar-refractivity contribution < 1.29 is 4.74 Å². The van der Waals surface area contributed by atoms with Crippen molar-refractivity contribution >= 4 is 0 Å². The van der Waals surface area contributed by atoms with Crippen molar-refractivity contribution in [1.82, 2.24) is 19.5 Å². The van der Waals surface area contributed by atoms with Crippen LogP contribution in [0, 0.1) is 0 Å². The molecule has 0 aliphatic carbocycles. The fourth-order valence-electron chi connectivity index (χ4n) is 1.80. The highest BCUT2D eigenvalue weighted by molar-refractivity contribution is 5.21. The first-order chi connectivity index (χ1) is 8.76. The highest BCUT2D eigenvalue weighted by Crippen LogP contribution is 2.18. The molecule has 2 heterocycles. The summed E-state index contributed by atoms with van der Waals surface area (Å²) in [7, 11) is 1.57. The van der Waals surface area contributed by atoms with Crippen molar-refractivity contribution in [1.29, 1.82) is 0 Å². The van der Waals surface area contributed by atoms with Crippen LogP contribution < -0.4 is 10.5 Å². The molecule has 0 saturated heterocycles. The van der Waals surface area contributed by atoms with Crippen LogP contribution in [0.4, 0.5) is 0 Å². The fraction of sp³-hybridized carbons (Fsp3) is 0.417. The van der Waals surface area contributed by atoms with Crippen LogP contribution in [0.5, 0.6) is 5.88 Å². The van der Waals surface area contributed by atoms with Crippen LogP contribution >= 0.6 is 0 Å². The topological polar surface area (TPSA) is 78.9 Å². The third-order valence-electron chi connectivity index (χ3n) is 2.68. The van der Waals surface area contributed by atoms with E-state index >= 15 is 0 Å². The van der Waals surface area contributed by atoms with Gasteiger partial charge in [0.2, 0.25) is 5.88 Å². The molecule has 1 unspecified atom stereocenters. The number of ether oxygens (including phenoxy) is 1. The van der Waals surface area contributed by atoms with Crippen LogP contribution in [0.3, 0.4) is 0 Å². The van der Waals surface area contributed by atoms with Gasteiger partial charge in [-0.1, -0.05) is 6.92 Å². The number of hydrogen-bond acceptors (Lipinski definition) is 5. The number of nitrogens with zero attached hydrogens (tertiary/aromatic N) is 4. The number of methoxy groups -OCH3 is 1. The van der Waals surface area contributed by atoms with Crippen LogP contribution in [-0.2, 0) is 6.54 Å². The highest BCUT2D eigenvalue weighted by Gasteiger charge is 2.16. The average Bonchev–Trinajstić information content (AvgIpc) is 2.86. The third kappa shape index (κ3) is 2.48. The van der Waals surface area contributed by atoms with E-state index in [1.807, 2.05) is 10.8 Å². The highest BCUT2D eigenvalue weighted by atomic mass is 16.5. The second kappa shape index (κ2) is 5.59. The van der Waals surface area contributed by atoms with Crippen LogP contribution in [0.15, 0.2) is 24.8 Å². The molecule has 6 heteroatoms. The minimum absolute atomic E-state index is 0.372. The maximum absolute atomic E-state index is 6.19. The summed E-state index contributed by atoms with van der Waals surface area (Å²) >= 11 is 0. The minimum Gasteiger partial charge on any atom is -0.481 e. The molecule has 0 aromatic carbocycles. The predicted molar refractivity (Wildman–Crippen MR) is 67.1 cm³/mol. The molecule has 2 rings (SSSR count). The third-order valence-corrected chi connectivity index (χ3v) is 2.68. The van der Waals surface area contributed by atoms with Gasteiger partial charge in [-0.05, 0) is 6.42 Å². The summed E-state index contributed by atoms with van der Waals surface area (Å²) in [4.78, 5) is 12.4. The van der Waals surface area contributed by atoms with Gasteiger partial charge in [0.1, 0.15) is 18.2 Å². The Morgan fingerprint density at radius 3 is 2.94 bits per heavy atom. The van der Waals surface area contributed by atoms with E-state index in [0.29, 0.717) is 11.6 Å². The summed E-state index contributed by atoms with van der Waals surface area (Å²) in [6, 6.07) is 1.36. The molecule has 0 amide bonds. The van der Waals surface area contributed by atoms with Gasteiger partial charge in [0, 0.05) is 25.0 Å². The SMILES string of the molecule is CCCn1ccnc1C(N)c1cc(OC)ncn1. The molecule has 1 atom stereocenters. The van der Waals surface area contributed by atoms with Crippen molar-refractivity contribution in [2.45, 2.75) is 25.9 Å². The Balaban J connectivity index is 2.29. The van der Waals surface area contributed by atoms with E-state index < -0.39 is 0 Å². The second-order valence-electron chi connectivity index (χ2n) is 3.94. The molecular formula is C12H17N5O. The summed E-state index contributed by atoms with van der Waals surface area (Å²) in [6.45, 7) is 3.01. The van der Waals surface area contributed by atoms with Crippen molar-refractivity contribution in [3.8, 4) is 5.88 Å². The predicted octanol–water partition coefficient (Wildman–Crippen LogP) is 1.14. The van der Waals surface area contributed by atoms with E-state index in [1.165, 1.54) is 6.33 Å². The number of aryl methyl sites for hydroxylation is 1. The fourth-order valence-corrected chi connectivity index (χ4v) is 1.80. The quantitative estimate of drug-likeness (QED) is 0.857. The summed E-state index contributed by atoms with van der Waals surface area (Å²) in [5, 5.41) is 0. The maximum Gasteiger partial charge on any atom is 0.216 e. The van der Waals surface area contributed by atoms with Crippen molar-refractivity contribution in [3.63, 3.8) is 0 Å². The zero-order valence-corrected chi connectivity index (χ0v) is 10.6. The van der Waals surface area contributed by atoms with Gasteiger partial charge in [-0.3, -0.25) is 0 Å². The van der Waals surface area contributed by atoms with E-state index in [4.69, 9.17) is 10.5 Å². The normalized spacial score (nSPS) is 12.4. The van der Waals surface area contributed by atoms with E-state index in [2.05, 4.69) is 21.9 Å². The molecule has 0 aliphatic rings. The van der Waals surface area contributed by atoms with E-state index in [-0.39, 0.29) is 6.04 Å². The first-order valence-corrected chi connectivity index (χ1v) is 5.88. The Morgan fingerprint density at radius 2 is 2.22 bits per heavy atom. The zero-order chi connectivity index (χ0) is 13.0. The molecule has 96 valence electrons. The Hall–Kier alpha value is -1.95. The lowest BCUT2D eigenvalue weighted by atomic mass is 10.2. The molecule has 18 heavy (non-hydrogen) atoms. The molecule has 2 aromatic heterocycles. The standard InChI is InChI=1S/C12H17N5O/c1-3-5-17-6-4-14-12(17)11(13)9-7-10(18-2)16-8-15-9/h4,6-8,11H,3,5,13H2,1-2H3. The lowest BCUT2D eigenvalue weighted by Gasteiger charge is -2.13. The molecule has 0 aliphatic heterocycles. The van der Waals surface area contributed by atoms with Crippen LogP contribution in [0.25, 0.3) is 0 Å². The molecular weight excluding hydrogens is 230 g/mol. The molecule has 6 nitrogen and oxygen atoms in total. The van der Waals surface area contributed by atoms with Gasteiger partial charge in [-0.25, -0.2) is 15.0 Å². The Kier molecular flexibility index (Phi) is 3.88. The first kappa shape index (κ1) is 12.5. The van der Waals surface area contributed by atoms with Gasteiger partial charge in [-0.15, -0.1) is 0 Å². The molecule has 2 N–H and O–H groups in total. The minimum atomic E-state index is -0.372. The van der Waals surface area contributed by atoms with Gasteiger partial charge in [0.25, 0.3) is 0 Å². The number of hydrogen-bond donors (Lipinski definition) is 1. The van der Waals surface area contributed by atoms with Gasteiger partial charge in [0.05, 0.1) is 12.8 Å². The zero-order valence-electron chi connectivity index (χ0n) is 10.6. The summed E-state index contributed by atoms with van der Waals surface area (Å²) in [6.07, 6.45) is 6.16. The smallest absolute Gasteiger partial charge is 0.216 e. The molecule has 0 fully saturated rings. The lowest BCUT2D eigenvalue weighted by Crippen LogP contribution is -2.19. The van der Waals surface area contributed by atoms with E-state index in [1.54, 1.807) is 19.4 Å². The summed E-state index contributed by atoms with van der Waals surface area (Å²) in [5.74, 6) is 1.31. The lowest BCUT2D eigenvalue weighted by molar-refractivity contribution is 0.395. The number of aromatic nitrogens is 4. The Bertz CT molecular complexity index is 511. The van der Waals surface area contributed by atoms with Crippen molar-refractivity contribution in [2.24, 2.45) is 5.73 Å². The first-order valence-electron chi connectivity index (χ1n) is 5.88. The molecule has 0 bridgehead atoms. The number of imidazole rings is 1. The van der Waals surface area contributed by atoms with Gasteiger partial charge in [-0.2, -0.15) is 0 Å². The van der Waals surface area contributed by atoms with Gasteiger partial charge < -0.3 is 15.0 Å². The second-order valence-corrected chi connectivity index (χ2v) is 3.94. The van der Waals surface area contributed by atoms with E-state index in [9.17, 15) is 0 Å². The number of rotatable bonds is 5. The molecule has 0 spiro atoms. The summed E-state index contributed by atoms with van der Waals surface area (Å²) in [5.41, 5.74) is 6.89. The van der Waals surface area contributed by atoms with Gasteiger partial charge in [0.15, 0.2) is 0 Å².